The van der Waals surface area contributed by atoms with Gasteiger partial charge in [0.2, 0.25) is 5.91 Å². The molecular formula is C24H25ClN2O5S. The number of nitrogens with zero attached hydrogens (tertiary/aromatic N) is 1. The van der Waals surface area contributed by atoms with Crippen molar-refractivity contribution in [2.75, 3.05) is 25.1 Å². The molecule has 174 valence electrons. The van der Waals surface area contributed by atoms with Crippen molar-refractivity contribution in [3.8, 4) is 11.5 Å². The smallest absolute Gasteiger partial charge is 0.264 e. The van der Waals surface area contributed by atoms with Gasteiger partial charge in [-0.2, -0.15) is 0 Å². The van der Waals surface area contributed by atoms with Gasteiger partial charge in [0.1, 0.15) is 18.0 Å². The van der Waals surface area contributed by atoms with Crippen LogP contribution in [0.15, 0.2) is 77.7 Å². The number of hydrogen-bond acceptors (Lipinski definition) is 5. The average Bonchev–Trinajstić information content (AvgIpc) is 2.82. The van der Waals surface area contributed by atoms with Crippen molar-refractivity contribution in [2.24, 2.45) is 0 Å². The second-order valence-electron chi connectivity index (χ2n) is 7.23. The molecule has 0 heterocycles. The van der Waals surface area contributed by atoms with Gasteiger partial charge in [-0.1, -0.05) is 29.8 Å². The summed E-state index contributed by atoms with van der Waals surface area (Å²) < 4.78 is 38.2. The van der Waals surface area contributed by atoms with E-state index in [1.165, 1.54) is 25.3 Å². The molecule has 0 aromatic heterocycles. The van der Waals surface area contributed by atoms with E-state index >= 15 is 0 Å². The lowest BCUT2D eigenvalue weighted by atomic mass is 10.1. The highest BCUT2D eigenvalue weighted by Crippen LogP contribution is 2.27. The Balaban J connectivity index is 1.87. The van der Waals surface area contributed by atoms with Crippen LogP contribution in [0.3, 0.4) is 0 Å². The van der Waals surface area contributed by atoms with E-state index in [1.807, 2.05) is 19.1 Å². The van der Waals surface area contributed by atoms with E-state index in [-0.39, 0.29) is 16.6 Å². The minimum Gasteiger partial charge on any atom is -0.497 e. The Kier molecular flexibility index (Phi) is 7.84. The Morgan fingerprint density at radius 3 is 2.09 bits per heavy atom. The maximum absolute atomic E-state index is 13.5. The van der Waals surface area contributed by atoms with Gasteiger partial charge in [-0.05, 0) is 67.1 Å². The van der Waals surface area contributed by atoms with Gasteiger partial charge >= 0.3 is 0 Å². The summed E-state index contributed by atoms with van der Waals surface area (Å²) in [6, 6.07) is 19.3. The van der Waals surface area contributed by atoms with Crippen LogP contribution in [-0.4, -0.2) is 35.1 Å². The lowest BCUT2D eigenvalue weighted by Crippen LogP contribution is -2.41. The Labute approximate surface area is 198 Å². The molecule has 0 unspecified atom stereocenters. The fraction of sp³-hybridized carbons (Fsp3) is 0.208. The first kappa shape index (κ1) is 24.4. The number of ether oxygens (including phenoxy) is 2. The van der Waals surface area contributed by atoms with Gasteiger partial charge in [0, 0.05) is 5.02 Å². The quantitative estimate of drug-likeness (QED) is 0.481. The number of carbonyl (C=O) groups is 1. The summed E-state index contributed by atoms with van der Waals surface area (Å²) >= 11 is 6.10. The molecule has 7 nitrogen and oxygen atoms in total. The van der Waals surface area contributed by atoms with Gasteiger partial charge < -0.3 is 14.8 Å². The first-order valence-electron chi connectivity index (χ1n) is 10.1. The van der Waals surface area contributed by atoms with Gasteiger partial charge in [0.25, 0.3) is 10.0 Å². The van der Waals surface area contributed by atoms with Gasteiger partial charge in [-0.15, -0.1) is 0 Å². The molecule has 0 radical (unpaired) electrons. The number of rotatable bonds is 9. The van der Waals surface area contributed by atoms with E-state index < -0.39 is 22.5 Å². The van der Waals surface area contributed by atoms with Crippen LogP contribution in [0.1, 0.15) is 18.5 Å². The summed E-state index contributed by atoms with van der Waals surface area (Å²) in [7, 11) is -0.985. The molecule has 0 saturated carbocycles. The minimum absolute atomic E-state index is 0.0271. The van der Waals surface area contributed by atoms with E-state index in [0.717, 1.165) is 9.87 Å². The standard InChI is InChI=1S/C24H25ClN2O5S/c1-17(18-7-9-21(31-2)10-8-18)26-24(28)16-27(20-6-4-5-19(25)15-20)33(29,30)23-13-11-22(32-3)12-14-23/h4-15,17H,16H2,1-3H3,(H,26,28)/t17-/m1/s1. The third-order valence-corrected chi connectivity index (χ3v) is 7.05. The molecule has 1 N–H and O–H groups in total. The number of carbonyl (C=O) groups excluding carboxylic acids is 1. The maximum atomic E-state index is 13.5. The number of halogens is 1. The number of hydrogen-bond donors (Lipinski definition) is 1. The molecule has 0 aliphatic heterocycles. The Morgan fingerprint density at radius 2 is 1.55 bits per heavy atom. The fourth-order valence-electron chi connectivity index (χ4n) is 3.21. The highest BCUT2D eigenvalue weighted by atomic mass is 35.5. The van der Waals surface area contributed by atoms with Gasteiger partial charge in [-0.25, -0.2) is 8.42 Å². The predicted molar refractivity (Wildman–Crippen MR) is 129 cm³/mol. The van der Waals surface area contributed by atoms with Crippen LogP contribution < -0.4 is 19.1 Å². The zero-order chi connectivity index (χ0) is 24.0. The summed E-state index contributed by atoms with van der Waals surface area (Å²) in [4.78, 5) is 12.9. The van der Waals surface area contributed by atoms with Crippen molar-refractivity contribution in [2.45, 2.75) is 17.9 Å². The van der Waals surface area contributed by atoms with E-state index in [4.69, 9.17) is 21.1 Å². The van der Waals surface area contributed by atoms with Crippen molar-refractivity contribution in [3.63, 3.8) is 0 Å². The van der Waals surface area contributed by atoms with Crippen LogP contribution in [0.25, 0.3) is 0 Å². The van der Waals surface area contributed by atoms with Crippen LogP contribution in [0.5, 0.6) is 11.5 Å². The van der Waals surface area contributed by atoms with Gasteiger partial charge in [0.05, 0.1) is 30.8 Å². The third kappa shape index (κ3) is 5.97. The molecule has 9 heteroatoms. The van der Waals surface area contributed by atoms with E-state index in [2.05, 4.69) is 5.32 Å². The third-order valence-electron chi connectivity index (χ3n) is 5.02. The molecule has 0 saturated heterocycles. The highest BCUT2D eigenvalue weighted by molar-refractivity contribution is 7.92. The lowest BCUT2D eigenvalue weighted by molar-refractivity contribution is -0.120. The van der Waals surface area contributed by atoms with E-state index in [0.29, 0.717) is 16.5 Å². The highest BCUT2D eigenvalue weighted by Gasteiger charge is 2.28. The van der Waals surface area contributed by atoms with Crippen molar-refractivity contribution >= 4 is 33.2 Å². The first-order chi connectivity index (χ1) is 15.7. The summed E-state index contributed by atoms with van der Waals surface area (Å²) in [6.07, 6.45) is 0. The van der Waals surface area contributed by atoms with Crippen molar-refractivity contribution in [1.29, 1.82) is 0 Å². The molecular weight excluding hydrogens is 464 g/mol. The number of methoxy groups -OCH3 is 2. The summed E-state index contributed by atoms with van der Waals surface area (Å²) in [5, 5.41) is 3.21. The average molecular weight is 489 g/mol. The van der Waals surface area contributed by atoms with Gasteiger partial charge in [-0.3, -0.25) is 9.10 Å². The summed E-state index contributed by atoms with van der Waals surface area (Å²) in [6.45, 7) is 1.40. The fourth-order valence-corrected chi connectivity index (χ4v) is 4.81. The molecule has 0 bridgehead atoms. The van der Waals surface area contributed by atoms with Crippen LogP contribution in [-0.2, 0) is 14.8 Å². The Hall–Kier alpha value is -3.23. The number of nitrogens with one attached hydrogen (secondary N) is 1. The second-order valence-corrected chi connectivity index (χ2v) is 9.53. The Bertz CT molecular complexity index is 1200. The Morgan fingerprint density at radius 1 is 0.970 bits per heavy atom. The normalized spacial score (nSPS) is 12.0. The molecule has 3 rings (SSSR count). The van der Waals surface area contributed by atoms with E-state index in [1.54, 1.807) is 49.6 Å². The van der Waals surface area contributed by atoms with E-state index in [9.17, 15) is 13.2 Å². The van der Waals surface area contributed by atoms with Crippen LogP contribution in [0.2, 0.25) is 5.02 Å². The number of anilines is 1. The van der Waals surface area contributed by atoms with Crippen molar-refractivity contribution in [3.05, 3.63) is 83.4 Å². The minimum atomic E-state index is -4.06. The molecule has 3 aromatic carbocycles. The molecule has 1 atom stereocenters. The number of sulfonamides is 1. The second kappa shape index (κ2) is 10.6. The number of amides is 1. The maximum Gasteiger partial charge on any atom is 0.264 e. The van der Waals surface area contributed by atoms with Crippen molar-refractivity contribution in [1.82, 2.24) is 5.32 Å². The van der Waals surface area contributed by atoms with Crippen LogP contribution in [0, 0.1) is 0 Å². The van der Waals surface area contributed by atoms with Crippen LogP contribution >= 0.6 is 11.6 Å². The topological polar surface area (TPSA) is 84.9 Å². The molecule has 33 heavy (non-hydrogen) atoms. The molecule has 0 aliphatic carbocycles. The zero-order valence-electron chi connectivity index (χ0n) is 18.5. The first-order valence-corrected chi connectivity index (χ1v) is 11.9. The SMILES string of the molecule is COc1ccc([C@@H](C)NC(=O)CN(c2cccc(Cl)c2)S(=O)(=O)c2ccc(OC)cc2)cc1. The largest absolute Gasteiger partial charge is 0.497 e. The summed E-state index contributed by atoms with van der Waals surface area (Å²) in [5.41, 5.74) is 1.14. The molecule has 3 aromatic rings. The molecule has 0 aliphatic rings. The monoisotopic (exact) mass is 488 g/mol. The number of benzene rings is 3. The molecule has 1 amide bonds. The predicted octanol–water partition coefficient (Wildman–Crippen LogP) is 4.43. The summed E-state index contributed by atoms with van der Waals surface area (Å²) in [5.74, 6) is 0.764. The molecule has 0 spiro atoms. The lowest BCUT2D eigenvalue weighted by Gasteiger charge is -2.25. The van der Waals surface area contributed by atoms with Crippen LogP contribution in [0.4, 0.5) is 5.69 Å². The van der Waals surface area contributed by atoms with Crippen molar-refractivity contribution < 1.29 is 22.7 Å². The molecule has 0 fully saturated rings. The van der Waals surface area contributed by atoms with Gasteiger partial charge in [0.15, 0.2) is 0 Å². The zero-order valence-corrected chi connectivity index (χ0v) is 20.1.